The number of nitrogens with one attached hydrogen (secondary N) is 2. The molecule has 0 aliphatic carbocycles. The first-order valence-electron chi connectivity index (χ1n) is 6.72. The van der Waals surface area contributed by atoms with Gasteiger partial charge in [0.25, 0.3) is 0 Å². The van der Waals surface area contributed by atoms with Crippen LogP contribution in [0.5, 0.6) is 0 Å². The monoisotopic (exact) mass is 327 g/mol. The Labute approximate surface area is 130 Å². The second-order valence-electron chi connectivity index (χ2n) is 5.22. The van der Waals surface area contributed by atoms with Crippen LogP contribution in [0.4, 0.5) is 24.9 Å². The molecule has 6 nitrogen and oxygen atoms in total. The van der Waals surface area contributed by atoms with Gasteiger partial charge < -0.3 is 15.2 Å². The van der Waals surface area contributed by atoms with Gasteiger partial charge in [0.2, 0.25) is 11.5 Å². The van der Waals surface area contributed by atoms with Gasteiger partial charge in [0.05, 0.1) is 0 Å². The van der Waals surface area contributed by atoms with Crippen LogP contribution in [0.2, 0.25) is 0 Å². The zero-order valence-corrected chi connectivity index (χ0v) is 12.8. The van der Waals surface area contributed by atoms with Crippen molar-refractivity contribution in [3.05, 3.63) is 45.5 Å². The summed E-state index contributed by atoms with van der Waals surface area (Å²) in [6, 6.07) is 3.96. The van der Waals surface area contributed by atoms with E-state index >= 15 is 0 Å². The van der Waals surface area contributed by atoms with Crippen LogP contribution in [-0.2, 0) is 12.7 Å². The predicted molar refractivity (Wildman–Crippen MR) is 80.5 cm³/mol. The maximum Gasteiger partial charge on any atom is 0.433 e. The standard InChI is InChI=1S/C14H16F3N5O/c1-8-4-9(5-12(23)19-8)7-18-13-20-10(14(15,16)17)6-11(21-13)22(2)3/h4-6H,7H2,1-3H3,(H,19,23)(H,18,20,21). The van der Waals surface area contributed by atoms with Crippen LogP contribution in [0.15, 0.2) is 23.0 Å². The molecule has 2 heterocycles. The molecule has 9 heteroatoms. The van der Waals surface area contributed by atoms with Crippen LogP contribution < -0.4 is 15.8 Å². The lowest BCUT2D eigenvalue weighted by Crippen LogP contribution is -2.18. The fourth-order valence-corrected chi connectivity index (χ4v) is 1.93. The highest BCUT2D eigenvalue weighted by atomic mass is 19.4. The summed E-state index contributed by atoms with van der Waals surface area (Å²) in [6.45, 7) is 1.86. The first-order valence-corrected chi connectivity index (χ1v) is 6.72. The van der Waals surface area contributed by atoms with E-state index < -0.39 is 11.9 Å². The molecule has 0 saturated carbocycles. The van der Waals surface area contributed by atoms with Crippen molar-refractivity contribution in [3.63, 3.8) is 0 Å². The van der Waals surface area contributed by atoms with Crippen molar-refractivity contribution in [1.82, 2.24) is 15.0 Å². The van der Waals surface area contributed by atoms with E-state index in [0.29, 0.717) is 11.3 Å². The number of hydrogen-bond donors (Lipinski definition) is 2. The zero-order chi connectivity index (χ0) is 17.2. The van der Waals surface area contributed by atoms with Gasteiger partial charge in [-0.2, -0.15) is 18.2 Å². The quantitative estimate of drug-likeness (QED) is 0.900. The summed E-state index contributed by atoms with van der Waals surface area (Å²) < 4.78 is 38.7. The minimum absolute atomic E-state index is 0.136. The number of aryl methyl sites for hydroxylation is 1. The van der Waals surface area contributed by atoms with Crippen molar-refractivity contribution >= 4 is 11.8 Å². The Morgan fingerprint density at radius 2 is 1.91 bits per heavy atom. The van der Waals surface area contributed by atoms with Crippen molar-refractivity contribution in [2.45, 2.75) is 19.6 Å². The number of rotatable bonds is 4. The van der Waals surface area contributed by atoms with E-state index in [1.807, 2.05) is 0 Å². The summed E-state index contributed by atoms with van der Waals surface area (Å²) in [4.78, 5) is 22.9. The highest BCUT2D eigenvalue weighted by molar-refractivity contribution is 5.44. The molecule has 0 aliphatic heterocycles. The van der Waals surface area contributed by atoms with Crippen LogP contribution in [-0.4, -0.2) is 29.0 Å². The van der Waals surface area contributed by atoms with Gasteiger partial charge >= 0.3 is 6.18 Å². The molecule has 0 fully saturated rings. The van der Waals surface area contributed by atoms with Crippen LogP contribution in [0.3, 0.4) is 0 Å². The molecule has 0 saturated heterocycles. The van der Waals surface area contributed by atoms with Gasteiger partial charge in [-0.3, -0.25) is 4.79 Å². The normalized spacial score (nSPS) is 11.4. The number of nitrogens with zero attached hydrogens (tertiary/aromatic N) is 3. The molecule has 2 rings (SSSR count). The zero-order valence-electron chi connectivity index (χ0n) is 12.8. The first kappa shape index (κ1) is 16.8. The molecule has 0 atom stereocenters. The predicted octanol–water partition coefficient (Wildman–Crippen LogP) is 2.17. The van der Waals surface area contributed by atoms with Crippen LogP contribution in [0.25, 0.3) is 0 Å². The lowest BCUT2D eigenvalue weighted by Gasteiger charge is -2.16. The number of anilines is 2. The molecular formula is C14H16F3N5O. The lowest BCUT2D eigenvalue weighted by atomic mass is 10.2. The second kappa shape index (κ2) is 6.27. The molecule has 0 amide bonds. The van der Waals surface area contributed by atoms with E-state index in [9.17, 15) is 18.0 Å². The van der Waals surface area contributed by atoms with Gasteiger partial charge in [-0.25, -0.2) is 4.98 Å². The largest absolute Gasteiger partial charge is 0.433 e. The van der Waals surface area contributed by atoms with Gasteiger partial charge in [0, 0.05) is 38.5 Å². The van der Waals surface area contributed by atoms with Crippen molar-refractivity contribution in [3.8, 4) is 0 Å². The fraction of sp³-hybridized carbons (Fsp3) is 0.357. The van der Waals surface area contributed by atoms with E-state index in [0.717, 1.165) is 6.07 Å². The molecule has 0 aromatic carbocycles. The number of alkyl halides is 3. The van der Waals surface area contributed by atoms with E-state index in [4.69, 9.17) is 0 Å². The van der Waals surface area contributed by atoms with Gasteiger partial charge in [-0.1, -0.05) is 0 Å². The highest BCUT2D eigenvalue weighted by Crippen LogP contribution is 2.30. The Kier molecular flexibility index (Phi) is 4.57. The van der Waals surface area contributed by atoms with E-state index in [-0.39, 0.29) is 23.9 Å². The highest BCUT2D eigenvalue weighted by Gasteiger charge is 2.34. The van der Waals surface area contributed by atoms with Crippen molar-refractivity contribution in [1.29, 1.82) is 0 Å². The number of hydrogen-bond acceptors (Lipinski definition) is 5. The Bertz CT molecular complexity index is 755. The Morgan fingerprint density at radius 1 is 1.22 bits per heavy atom. The molecular weight excluding hydrogens is 311 g/mol. The second-order valence-corrected chi connectivity index (χ2v) is 5.22. The lowest BCUT2D eigenvalue weighted by molar-refractivity contribution is -0.141. The molecule has 0 spiro atoms. The van der Waals surface area contributed by atoms with Crippen molar-refractivity contribution in [2.24, 2.45) is 0 Å². The third-order valence-corrected chi connectivity index (χ3v) is 2.95. The number of halogens is 3. The Hall–Kier alpha value is -2.58. The van der Waals surface area contributed by atoms with E-state index in [1.165, 1.54) is 11.0 Å². The summed E-state index contributed by atoms with van der Waals surface area (Å²) in [6.07, 6.45) is -4.56. The average Bonchev–Trinajstić information content (AvgIpc) is 2.43. The minimum Gasteiger partial charge on any atom is -0.363 e. The SMILES string of the molecule is Cc1cc(CNc2nc(N(C)C)cc(C(F)(F)F)n2)cc(=O)[nH]1. The summed E-state index contributed by atoms with van der Waals surface area (Å²) in [5, 5.41) is 2.72. The fourth-order valence-electron chi connectivity index (χ4n) is 1.93. The van der Waals surface area contributed by atoms with Crippen molar-refractivity contribution < 1.29 is 13.2 Å². The molecule has 23 heavy (non-hydrogen) atoms. The van der Waals surface area contributed by atoms with E-state index in [1.54, 1.807) is 27.1 Å². The van der Waals surface area contributed by atoms with Gasteiger partial charge in [0.15, 0.2) is 5.69 Å². The molecule has 2 aromatic rings. The van der Waals surface area contributed by atoms with Gasteiger partial charge in [0.1, 0.15) is 5.82 Å². The summed E-state index contributed by atoms with van der Waals surface area (Å²) in [5.41, 5.74) is -0.0200. The topological polar surface area (TPSA) is 73.9 Å². The van der Waals surface area contributed by atoms with Crippen LogP contribution in [0.1, 0.15) is 17.0 Å². The maximum absolute atomic E-state index is 12.9. The summed E-state index contributed by atoms with van der Waals surface area (Å²) in [7, 11) is 3.18. The molecule has 124 valence electrons. The molecule has 0 radical (unpaired) electrons. The summed E-state index contributed by atoms with van der Waals surface area (Å²) >= 11 is 0. The average molecular weight is 327 g/mol. The molecule has 0 bridgehead atoms. The van der Waals surface area contributed by atoms with Crippen LogP contribution >= 0.6 is 0 Å². The number of pyridine rings is 1. The minimum atomic E-state index is -4.56. The van der Waals surface area contributed by atoms with Gasteiger partial charge in [-0.15, -0.1) is 0 Å². The molecule has 0 unspecified atom stereocenters. The van der Waals surface area contributed by atoms with Crippen LogP contribution in [0, 0.1) is 6.92 Å². The smallest absolute Gasteiger partial charge is 0.363 e. The number of H-pyrrole nitrogens is 1. The third-order valence-electron chi connectivity index (χ3n) is 2.95. The Balaban J connectivity index is 2.28. The maximum atomic E-state index is 12.9. The number of aromatic amines is 1. The third kappa shape index (κ3) is 4.44. The number of aromatic nitrogens is 3. The molecule has 2 aromatic heterocycles. The summed E-state index contributed by atoms with van der Waals surface area (Å²) in [5.74, 6) is -0.0154. The Morgan fingerprint density at radius 3 is 2.48 bits per heavy atom. The van der Waals surface area contributed by atoms with E-state index in [2.05, 4.69) is 20.3 Å². The van der Waals surface area contributed by atoms with Crippen molar-refractivity contribution in [2.75, 3.05) is 24.3 Å². The molecule has 2 N–H and O–H groups in total. The first-order chi connectivity index (χ1) is 10.6. The van der Waals surface area contributed by atoms with Gasteiger partial charge in [-0.05, 0) is 18.6 Å². The molecule has 0 aliphatic rings.